The topological polar surface area (TPSA) is 35.0 Å². The monoisotopic (exact) mass is 280 g/mol. The SMILES string of the molecule is CCCc1nc(Cl)cc(-c2cc(F)ccc2OC)n1. The third-order valence-electron chi connectivity index (χ3n) is 2.65. The van der Waals surface area contributed by atoms with Crippen LogP contribution in [0.3, 0.4) is 0 Å². The van der Waals surface area contributed by atoms with Crippen LogP contribution in [0.2, 0.25) is 5.15 Å². The Bertz CT molecular complexity index is 590. The Morgan fingerprint density at radius 1 is 1.26 bits per heavy atom. The largest absolute Gasteiger partial charge is 0.496 e. The molecule has 2 aromatic rings. The first kappa shape index (κ1) is 13.7. The predicted molar refractivity (Wildman–Crippen MR) is 73.0 cm³/mol. The van der Waals surface area contributed by atoms with Crippen molar-refractivity contribution in [2.24, 2.45) is 0 Å². The summed E-state index contributed by atoms with van der Waals surface area (Å²) in [5.41, 5.74) is 1.14. The molecule has 0 fully saturated rings. The van der Waals surface area contributed by atoms with E-state index in [1.165, 1.54) is 19.2 Å². The van der Waals surface area contributed by atoms with Gasteiger partial charge in [0.05, 0.1) is 12.8 Å². The molecule has 1 heterocycles. The highest BCUT2D eigenvalue weighted by Crippen LogP contribution is 2.30. The molecule has 0 saturated heterocycles. The van der Waals surface area contributed by atoms with Gasteiger partial charge in [0.15, 0.2) is 0 Å². The fourth-order valence-corrected chi connectivity index (χ4v) is 2.02. The van der Waals surface area contributed by atoms with E-state index in [2.05, 4.69) is 9.97 Å². The van der Waals surface area contributed by atoms with Gasteiger partial charge in [-0.1, -0.05) is 18.5 Å². The van der Waals surface area contributed by atoms with E-state index in [-0.39, 0.29) is 5.82 Å². The van der Waals surface area contributed by atoms with E-state index >= 15 is 0 Å². The molecule has 0 saturated carbocycles. The van der Waals surface area contributed by atoms with Gasteiger partial charge in [-0.2, -0.15) is 0 Å². The van der Waals surface area contributed by atoms with E-state index in [0.717, 1.165) is 12.8 Å². The molecule has 5 heteroatoms. The molecule has 0 atom stereocenters. The molecule has 100 valence electrons. The van der Waals surface area contributed by atoms with Gasteiger partial charge in [0.2, 0.25) is 0 Å². The molecular formula is C14H14ClFN2O. The van der Waals surface area contributed by atoms with Crippen LogP contribution in [0.1, 0.15) is 19.2 Å². The van der Waals surface area contributed by atoms with Crippen LogP contribution in [-0.2, 0) is 6.42 Å². The number of hydrogen-bond donors (Lipinski definition) is 0. The molecule has 0 aliphatic rings. The summed E-state index contributed by atoms with van der Waals surface area (Å²) in [5, 5.41) is 0.347. The van der Waals surface area contributed by atoms with E-state index in [1.54, 1.807) is 12.1 Å². The zero-order valence-corrected chi connectivity index (χ0v) is 11.5. The van der Waals surface area contributed by atoms with Crippen LogP contribution in [0.15, 0.2) is 24.3 Å². The number of aryl methyl sites for hydroxylation is 1. The molecule has 0 aliphatic carbocycles. The third kappa shape index (κ3) is 3.20. The van der Waals surface area contributed by atoms with Crippen LogP contribution < -0.4 is 4.74 Å². The lowest BCUT2D eigenvalue weighted by Gasteiger charge is -2.09. The third-order valence-corrected chi connectivity index (χ3v) is 2.85. The summed E-state index contributed by atoms with van der Waals surface area (Å²) in [5.74, 6) is 0.859. The van der Waals surface area contributed by atoms with Crippen LogP contribution in [0.25, 0.3) is 11.3 Å². The van der Waals surface area contributed by atoms with E-state index < -0.39 is 0 Å². The minimum Gasteiger partial charge on any atom is -0.496 e. The van der Waals surface area contributed by atoms with E-state index in [4.69, 9.17) is 16.3 Å². The Labute approximate surface area is 116 Å². The number of rotatable bonds is 4. The molecule has 0 amide bonds. The van der Waals surface area contributed by atoms with Gasteiger partial charge in [-0.25, -0.2) is 14.4 Å². The van der Waals surface area contributed by atoms with Gasteiger partial charge < -0.3 is 4.74 Å². The number of methoxy groups -OCH3 is 1. The van der Waals surface area contributed by atoms with Crippen LogP contribution in [0.5, 0.6) is 5.75 Å². The van der Waals surface area contributed by atoms with Crippen molar-refractivity contribution in [3.8, 4) is 17.0 Å². The molecule has 0 N–H and O–H groups in total. The average Bonchev–Trinajstić information content (AvgIpc) is 2.38. The summed E-state index contributed by atoms with van der Waals surface area (Å²) in [4.78, 5) is 8.55. The summed E-state index contributed by atoms with van der Waals surface area (Å²) in [6, 6.07) is 5.91. The number of benzene rings is 1. The first-order chi connectivity index (χ1) is 9.13. The Balaban J connectivity index is 2.54. The molecular weight excluding hydrogens is 267 g/mol. The Morgan fingerprint density at radius 3 is 2.74 bits per heavy atom. The first-order valence-corrected chi connectivity index (χ1v) is 6.39. The second-order valence-electron chi connectivity index (χ2n) is 4.09. The Hall–Kier alpha value is -1.68. The summed E-state index contributed by atoms with van der Waals surface area (Å²) < 4.78 is 18.6. The fraction of sp³-hybridized carbons (Fsp3) is 0.286. The summed E-state index contributed by atoms with van der Waals surface area (Å²) in [6.45, 7) is 2.03. The highest BCUT2D eigenvalue weighted by atomic mass is 35.5. The molecule has 0 aliphatic heterocycles. The standard InChI is InChI=1S/C14H14ClFN2O/c1-3-4-14-17-11(8-13(15)18-14)10-7-9(16)5-6-12(10)19-2/h5-8H,3-4H2,1-2H3. The minimum atomic E-state index is -0.345. The lowest BCUT2D eigenvalue weighted by molar-refractivity contribution is 0.415. The van der Waals surface area contributed by atoms with Gasteiger partial charge in [0, 0.05) is 18.1 Å². The molecule has 1 aromatic heterocycles. The number of aromatic nitrogens is 2. The van der Waals surface area contributed by atoms with Crippen molar-refractivity contribution in [1.29, 1.82) is 0 Å². The van der Waals surface area contributed by atoms with Gasteiger partial charge in [-0.3, -0.25) is 0 Å². The van der Waals surface area contributed by atoms with Gasteiger partial charge in [-0.05, 0) is 24.6 Å². The molecule has 19 heavy (non-hydrogen) atoms. The van der Waals surface area contributed by atoms with Crippen LogP contribution in [0.4, 0.5) is 4.39 Å². The first-order valence-electron chi connectivity index (χ1n) is 6.01. The summed E-state index contributed by atoms with van der Waals surface area (Å²) >= 11 is 5.99. The number of hydrogen-bond acceptors (Lipinski definition) is 3. The van der Waals surface area contributed by atoms with Gasteiger partial charge in [-0.15, -0.1) is 0 Å². The summed E-state index contributed by atoms with van der Waals surface area (Å²) in [6.07, 6.45) is 1.64. The predicted octanol–water partition coefficient (Wildman–Crippen LogP) is 3.90. The second kappa shape index (κ2) is 5.97. The molecule has 0 bridgehead atoms. The van der Waals surface area contributed by atoms with E-state index in [1.807, 2.05) is 6.92 Å². The summed E-state index contributed by atoms with van der Waals surface area (Å²) in [7, 11) is 1.53. The highest BCUT2D eigenvalue weighted by molar-refractivity contribution is 6.29. The zero-order chi connectivity index (χ0) is 13.8. The highest BCUT2D eigenvalue weighted by Gasteiger charge is 2.11. The van der Waals surface area contributed by atoms with Crippen LogP contribution in [0, 0.1) is 5.82 Å². The van der Waals surface area contributed by atoms with Crippen LogP contribution in [-0.4, -0.2) is 17.1 Å². The number of nitrogens with zero attached hydrogens (tertiary/aromatic N) is 2. The Morgan fingerprint density at radius 2 is 2.05 bits per heavy atom. The maximum atomic E-state index is 13.4. The average molecular weight is 281 g/mol. The van der Waals surface area contributed by atoms with Crippen molar-refractivity contribution < 1.29 is 9.13 Å². The van der Waals surface area contributed by atoms with Crippen molar-refractivity contribution in [3.05, 3.63) is 41.1 Å². The smallest absolute Gasteiger partial charge is 0.133 e. The number of halogens is 2. The molecule has 0 unspecified atom stereocenters. The second-order valence-corrected chi connectivity index (χ2v) is 4.47. The van der Waals surface area contributed by atoms with E-state index in [0.29, 0.717) is 28.0 Å². The zero-order valence-electron chi connectivity index (χ0n) is 10.8. The van der Waals surface area contributed by atoms with Gasteiger partial charge in [0.25, 0.3) is 0 Å². The minimum absolute atomic E-state index is 0.345. The molecule has 3 nitrogen and oxygen atoms in total. The maximum absolute atomic E-state index is 13.4. The molecule has 0 radical (unpaired) electrons. The molecule has 1 aromatic carbocycles. The quantitative estimate of drug-likeness (QED) is 0.797. The Kier molecular flexibility index (Phi) is 4.32. The fourth-order valence-electron chi connectivity index (χ4n) is 1.82. The normalized spacial score (nSPS) is 10.5. The van der Waals surface area contributed by atoms with Gasteiger partial charge >= 0.3 is 0 Å². The van der Waals surface area contributed by atoms with E-state index in [9.17, 15) is 4.39 Å². The van der Waals surface area contributed by atoms with Gasteiger partial charge in [0.1, 0.15) is 22.5 Å². The lowest BCUT2D eigenvalue weighted by atomic mass is 10.1. The van der Waals surface area contributed by atoms with Crippen LogP contribution >= 0.6 is 11.6 Å². The van der Waals surface area contributed by atoms with Crippen molar-refractivity contribution in [1.82, 2.24) is 9.97 Å². The van der Waals surface area contributed by atoms with Crippen molar-refractivity contribution in [2.45, 2.75) is 19.8 Å². The molecule has 0 spiro atoms. The van der Waals surface area contributed by atoms with Crippen molar-refractivity contribution in [2.75, 3.05) is 7.11 Å². The number of ether oxygens (including phenoxy) is 1. The molecule has 2 rings (SSSR count). The maximum Gasteiger partial charge on any atom is 0.133 e. The lowest BCUT2D eigenvalue weighted by Crippen LogP contribution is -1.98. The van der Waals surface area contributed by atoms with Crippen molar-refractivity contribution in [3.63, 3.8) is 0 Å². The van der Waals surface area contributed by atoms with Crippen molar-refractivity contribution >= 4 is 11.6 Å².